The summed E-state index contributed by atoms with van der Waals surface area (Å²) in [4.78, 5) is 16.0. The molecule has 2 aromatic carbocycles. The Labute approximate surface area is 226 Å². The monoisotopic (exact) mass is 515 g/mol. The van der Waals surface area contributed by atoms with Crippen LogP contribution in [0.1, 0.15) is 55.6 Å². The SMILES string of the molecule is Cc1nn(-c2ccccc2)c(C)c1CN1CCC2(CC1)C[N+]([O-])(Cc1ccccc1)C(CC(C)C)NC2=O. The first kappa shape index (κ1) is 26.6. The number of rotatable bonds is 7. The van der Waals surface area contributed by atoms with E-state index < -0.39 is 11.6 Å². The second kappa shape index (κ2) is 10.6. The number of nitrogens with one attached hydrogen (secondary N) is 1. The van der Waals surface area contributed by atoms with E-state index in [1.165, 1.54) is 5.56 Å². The molecule has 2 aliphatic heterocycles. The molecule has 7 nitrogen and oxygen atoms in total. The first-order chi connectivity index (χ1) is 18.2. The van der Waals surface area contributed by atoms with Gasteiger partial charge in [0.15, 0.2) is 6.17 Å². The Hall–Kier alpha value is -3.00. The molecule has 1 amide bonds. The van der Waals surface area contributed by atoms with Gasteiger partial charge in [0.25, 0.3) is 0 Å². The average molecular weight is 516 g/mol. The van der Waals surface area contributed by atoms with Gasteiger partial charge < -0.3 is 15.2 Å². The lowest BCUT2D eigenvalue weighted by atomic mass is 9.74. The van der Waals surface area contributed by atoms with Gasteiger partial charge in [0, 0.05) is 29.8 Å². The van der Waals surface area contributed by atoms with Crippen LogP contribution in [-0.4, -0.2) is 51.0 Å². The summed E-state index contributed by atoms with van der Waals surface area (Å²) in [5.41, 5.74) is 4.92. The molecule has 38 heavy (non-hydrogen) atoms. The molecule has 2 saturated heterocycles. The summed E-state index contributed by atoms with van der Waals surface area (Å²) >= 11 is 0. The molecular weight excluding hydrogens is 474 g/mol. The summed E-state index contributed by atoms with van der Waals surface area (Å²) < 4.78 is 1.64. The minimum atomic E-state index is -0.612. The van der Waals surface area contributed by atoms with Crippen LogP contribution in [0.15, 0.2) is 60.7 Å². The number of carbonyl (C=O) groups excluding carboxylic acids is 1. The average Bonchev–Trinajstić information content (AvgIpc) is 3.18. The van der Waals surface area contributed by atoms with Crippen molar-refractivity contribution in [2.75, 3.05) is 19.6 Å². The Kier molecular flexibility index (Phi) is 7.45. The Morgan fingerprint density at radius 2 is 1.68 bits per heavy atom. The van der Waals surface area contributed by atoms with Crippen LogP contribution in [0.2, 0.25) is 0 Å². The third-order valence-corrected chi connectivity index (χ3v) is 8.54. The molecule has 2 fully saturated rings. The van der Waals surface area contributed by atoms with Gasteiger partial charge >= 0.3 is 0 Å². The summed E-state index contributed by atoms with van der Waals surface area (Å²) in [6, 6.07) is 20.2. The first-order valence-corrected chi connectivity index (χ1v) is 13.9. The second-order valence-corrected chi connectivity index (χ2v) is 11.8. The van der Waals surface area contributed by atoms with E-state index in [1.807, 2.05) is 53.2 Å². The van der Waals surface area contributed by atoms with Crippen molar-refractivity contribution in [3.63, 3.8) is 0 Å². The van der Waals surface area contributed by atoms with Gasteiger partial charge in [-0.05, 0) is 57.8 Å². The summed E-state index contributed by atoms with van der Waals surface area (Å²) in [6.07, 6.45) is 1.69. The predicted molar refractivity (Wildman–Crippen MR) is 150 cm³/mol. The van der Waals surface area contributed by atoms with E-state index in [4.69, 9.17) is 5.10 Å². The molecule has 3 heterocycles. The molecule has 3 aromatic rings. The van der Waals surface area contributed by atoms with Crippen molar-refractivity contribution in [2.45, 2.75) is 66.2 Å². The number of hydrogen-bond acceptors (Lipinski definition) is 4. The summed E-state index contributed by atoms with van der Waals surface area (Å²) in [5, 5.41) is 22.5. The molecule has 7 heteroatoms. The Balaban J connectivity index is 1.31. The van der Waals surface area contributed by atoms with Crippen molar-refractivity contribution in [2.24, 2.45) is 11.3 Å². The molecule has 202 valence electrons. The number of piperidine rings is 1. The summed E-state index contributed by atoms with van der Waals surface area (Å²) in [5.74, 6) is 0.409. The number of carbonyl (C=O) groups is 1. The van der Waals surface area contributed by atoms with Crippen LogP contribution in [0.4, 0.5) is 0 Å². The van der Waals surface area contributed by atoms with Crippen LogP contribution in [-0.2, 0) is 17.9 Å². The van der Waals surface area contributed by atoms with E-state index >= 15 is 0 Å². The highest BCUT2D eigenvalue weighted by molar-refractivity contribution is 5.83. The smallest absolute Gasteiger partial charge is 0.236 e. The Morgan fingerprint density at radius 1 is 1.05 bits per heavy atom. The van der Waals surface area contributed by atoms with E-state index in [2.05, 4.69) is 50.0 Å². The zero-order chi connectivity index (χ0) is 26.9. The number of amides is 1. The van der Waals surface area contributed by atoms with Crippen LogP contribution in [0.5, 0.6) is 0 Å². The zero-order valence-electron chi connectivity index (χ0n) is 23.2. The highest BCUT2D eigenvalue weighted by Gasteiger charge is 2.53. The second-order valence-electron chi connectivity index (χ2n) is 11.8. The van der Waals surface area contributed by atoms with Crippen molar-refractivity contribution in [3.05, 3.63) is 88.4 Å². The molecule has 1 N–H and O–H groups in total. The van der Waals surface area contributed by atoms with Crippen molar-refractivity contribution < 1.29 is 9.44 Å². The van der Waals surface area contributed by atoms with E-state index in [-0.39, 0.29) is 10.6 Å². The normalized spacial score (nSPS) is 23.6. The van der Waals surface area contributed by atoms with Crippen molar-refractivity contribution >= 4 is 5.91 Å². The standard InChI is InChI=1S/C31H41N5O2/c1-23(2)19-29-32-30(37)31(22-36(29,38)21-26-11-7-5-8-12-26)15-17-34(18-16-31)20-28-24(3)33-35(25(28)4)27-13-9-6-10-14-27/h5-14,23,29H,15-22H2,1-4H3,(H,32,37). The zero-order valence-corrected chi connectivity index (χ0v) is 23.2. The van der Waals surface area contributed by atoms with Gasteiger partial charge in [-0.3, -0.25) is 9.69 Å². The number of benzene rings is 2. The molecule has 0 saturated carbocycles. The van der Waals surface area contributed by atoms with Crippen LogP contribution < -0.4 is 5.32 Å². The van der Waals surface area contributed by atoms with Crippen molar-refractivity contribution in [1.29, 1.82) is 0 Å². The Morgan fingerprint density at radius 3 is 2.32 bits per heavy atom. The number of aryl methyl sites for hydroxylation is 1. The van der Waals surface area contributed by atoms with E-state index in [1.54, 1.807) is 0 Å². The molecular formula is C31H41N5O2. The van der Waals surface area contributed by atoms with Gasteiger partial charge in [-0.2, -0.15) is 5.10 Å². The first-order valence-electron chi connectivity index (χ1n) is 13.9. The largest absolute Gasteiger partial charge is 0.631 e. The van der Waals surface area contributed by atoms with E-state index in [9.17, 15) is 10.0 Å². The maximum atomic E-state index is 14.5. The van der Waals surface area contributed by atoms with Crippen molar-refractivity contribution in [1.82, 2.24) is 20.0 Å². The third kappa shape index (κ3) is 5.28. The van der Waals surface area contributed by atoms with Crippen LogP contribution in [0, 0.1) is 30.4 Å². The maximum absolute atomic E-state index is 14.5. The number of hydroxylamine groups is 3. The van der Waals surface area contributed by atoms with Gasteiger partial charge in [-0.15, -0.1) is 0 Å². The van der Waals surface area contributed by atoms with E-state index in [0.717, 1.165) is 42.3 Å². The predicted octanol–water partition coefficient (Wildman–Crippen LogP) is 5.09. The van der Waals surface area contributed by atoms with E-state index in [0.29, 0.717) is 38.3 Å². The van der Waals surface area contributed by atoms with Crippen molar-refractivity contribution in [3.8, 4) is 5.69 Å². The summed E-state index contributed by atoms with van der Waals surface area (Å²) in [6.45, 7) is 11.6. The minimum absolute atomic E-state index is 0.0738. The highest BCUT2D eigenvalue weighted by Crippen LogP contribution is 2.41. The number of para-hydroxylation sites is 1. The minimum Gasteiger partial charge on any atom is -0.631 e. The molecule has 2 aliphatic rings. The van der Waals surface area contributed by atoms with Gasteiger partial charge in [0.05, 0.1) is 17.9 Å². The molecule has 0 aliphatic carbocycles. The molecule has 1 aromatic heterocycles. The summed E-state index contributed by atoms with van der Waals surface area (Å²) in [7, 11) is 0. The lowest BCUT2D eigenvalue weighted by molar-refractivity contribution is -0.930. The van der Waals surface area contributed by atoms with Gasteiger partial charge in [0.2, 0.25) is 5.91 Å². The lowest BCUT2D eigenvalue weighted by Gasteiger charge is -2.58. The molecule has 1 spiro atoms. The number of hydrogen-bond donors (Lipinski definition) is 1. The number of aromatic nitrogens is 2. The fourth-order valence-corrected chi connectivity index (χ4v) is 6.34. The molecule has 2 atom stereocenters. The molecule has 2 unspecified atom stereocenters. The number of quaternary nitrogens is 1. The highest BCUT2D eigenvalue weighted by atomic mass is 16.6. The molecule has 5 rings (SSSR count). The quantitative estimate of drug-likeness (QED) is 0.352. The third-order valence-electron chi connectivity index (χ3n) is 8.54. The molecule has 0 radical (unpaired) electrons. The Bertz CT molecular complexity index is 1250. The van der Waals surface area contributed by atoms with Gasteiger partial charge in [0.1, 0.15) is 12.0 Å². The number of nitrogens with zero attached hydrogens (tertiary/aromatic N) is 4. The topological polar surface area (TPSA) is 73.2 Å². The van der Waals surface area contributed by atoms with Crippen LogP contribution in [0.25, 0.3) is 5.69 Å². The lowest BCUT2D eigenvalue weighted by Crippen LogP contribution is -2.71. The molecule has 0 bridgehead atoms. The van der Waals surface area contributed by atoms with Crippen LogP contribution >= 0.6 is 0 Å². The fraction of sp³-hybridized carbons (Fsp3) is 0.484. The van der Waals surface area contributed by atoms with Crippen LogP contribution in [0.3, 0.4) is 0 Å². The van der Waals surface area contributed by atoms with Gasteiger partial charge in [-0.1, -0.05) is 62.4 Å². The maximum Gasteiger partial charge on any atom is 0.236 e. The fourth-order valence-electron chi connectivity index (χ4n) is 6.34. The number of likely N-dealkylation sites (tertiary alicyclic amines) is 1. The van der Waals surface area contributed by atoms with Gasteiger partial charge in [-0.25, -0.2) is 4.68 Å².